The van der Waals surface area contributed by atoms with Crippen molar-refractivity contribution in [2.45, 2.75) is 19.4 Å². The van der Waals surface area contributed by atoms with Crippen LogP contribution in [0.1, 0.15) is 25.1 Å². The number of hydrogen-bond donors (Lipinski definition) is 1. The molecule has 18 heavy (non-hydrogen) atoms. The van der Waals surface area contributed by atoms with Crippen LogP contribution in [-0.4, -0.2) is 13.7 Å². The van der Waals surface area contributed by atoms with Gasteiger partial charge in [0.15, 0.2) is 5.58 Å². The summed E-state index contributed by atoms with van der Waals surface area (Å²) >= 11 is 6.08. The van der Waals surface area contributed by atoms with E-state index in [1.54, 1.807) is 7.11 Å². The first-order valence-electron chi connectivity index (χ1n) is 6.04. The van der Waals surface area contributed by atoms with E-state index in [-0.39, 0.29) is 6.04 Å². The molecule has 0 aliphatic rings. The molecule has 4 heteroatoms. The fourth-order valence-corrected chi connectivity index (χ4v) is 2.35. The lowest BCUT2D eigenvalue weighted by atomic mass is 10.0. The molecular formula is C14H18ClNO2. The van der Waals surface area contributed by atoms with E-state index >= 15 is 0 Å². The second-order valence-electron chi connectivity index (χ2n) is 4.71. The van der Waals surface area contributed by atoms with Gasteiger partial charge in [-0.1, -0.05) is 30.7 Å². The first-order chi connectivity index (χ1) is 8.61. The van der Waals surface area contributed by atoms with Crippen LogP contribution in [-0.2, 0) is 4.74 Å². The molecular weight excluding hydrogens is 250 g/mol. The van der Waals surface area contributed by atoms with Gasteiger partial charge in [-0.15, -0.1) is 0 Å². The molecule has 0 saturated carbocycles. The molecule has 0 aliphatic heterocycles. The Kier molecular flexibility index (Phi) is 4.27. The van der Waals surface area contributed by atoms with Crippen LogP contribution >= 0.6 is 11.6 Å². The Morgan fingerprint density at radius 2 is 2.22 bits per heavy atom. The van der Waals surface area contributed by atoms with Gasteiger partial charge in [0.1, 0.15) is 5.76 Å². The number of halogens is 1. The Morgan fingerprint density at radius 1 is 1.44 bits per heavy atom. The Balaban J connectivity index is 2.18. The predicted molar refractivity (Wildman–Crippen MR) is 73.8 cm³/mol. The summed E-state index contributed by atoms with van der Waals surface area (Å²) in [5.74, 6) is 1.18. The van der Waals surface area contributed by atoms with E-state index in [9.17, 15) is 0 Å². The van der Waals surface area contributed by atoms with Gasteiger partial charge in [-0.2, -0.15) is 0 Å². The number of fused-ring (bicyclic) bond motifs is 1. The summed E-state index contributed by atoms with van der Waals surface area (Å²) in [6.45, 7) is 2.81. The van der Waals surface area contributed by atoms with Gasteiger partial charge in [0.05, 0.1) is 11.1 Å². The van der Waals surface area contributed by atoms with E-state index < -0.39 is 0 Å². The van der Waals surface area contributed by atoms with Crippen LogP contribution in [0.25, 0.3) is 11.0 Å². The number of hydrogen-bond acceptors (Lipinski definition) is 3. The molecule has 2 rings (SSSR count). The summed E-state index contributed by atoms with van der Waals surface area (Å²) in [4.78, 5) is 0. The van der Waals surface area contributed by atoms with Gasteiger partial charge in [0.25, 0.3) is 0 Å². The molecule has 2 N–H and O–H groups in total. The maximum absolute atomic E-state index is 6.15. The Hall–Kier alpha value is -1.03. The average molecular weight is 268 g/mol. The van der Waals surface area contributed by atoms with Crippen molar-refractivity contribution in [1.82, 2.24) is 0 Å². The molecule has 0 spiro atoms. The summed E-state index contributed by atoms with van der Waals surface area (Å²) in [6, 6.07) is 7.53. The molecule has 1 aromatic heterocycles. The van der Waals surface area contributed by atoms with Crippen molar-refractivity contribution in [3.05, 3.63) is 35.0 Å². The summed E-state index contributed by atoms with van der Waals surface area (Å²) in [5, 5.41) is 1.61. The van der Waals surface area contributed by atoms with Crippen molar-refractivity contribution in [2.24, 2.45) is 11.7 Å². The average Bonchev–Trinajstić information content (AvgIpc) is 2.74. The number of para-hydroxylation sites is 1. The summed E-state index contributed by atoms with van der Waals surface area (Å²) in [5.41, 5.74) is 6.86. The fourth-order valence-electron chi connectivity index (χ4n) is 2.13. The normalized spacial score (nSPS) is 14.9. The number of furan rings is 1. The third-order valence-electron chi connectivity index (χ3n) is 2.99. The highest BCUT2D eigenvalue weighted by molar-refractivity contribution is 6.34. The van der Waals surface area contributed by atoms with Crippen molar-refractivity contribution in [2.75, 3.05) is 13.7 Å². The van der Waals surface area contributed by atoms with Gasteiger partial charge in [0.2, 0.25) is 0 Å². The lowest BCUT2D eigenvalue weighted by Crippen LogP contribution is -2.16. The van der Waals surface area contributed by atoms with Crippen LogP contribution < -0.4 is 5.73 Å². The SMILES string of the molecule is COCC(C)CC(N)c1cc2cccc(Cl)c2o1. The van der Waals surface area contributed by atoms with Gasteiger partial charge >= 0.3 is 0 Å². The van der Waals surface area contributed by atoms with Gasteiger partial charge in [-0.05, 0) is 24.5 Å². The maximum Gasteiger partial charge on any atom is 0.152 e. The quantitative estimate of drug-likeness (QED) is 0.897. The molecule has 1 heterocycles. The van der Waals surface area contributed by atoms with E-state index in [0.29, 0.717) is 23.1 Å². The van der Waals surface area contributed by atoms with Gasteiger partial charge in [-0.3, -0.25) is 0 Å². The molecule has 2 atom stereocenters. The predicted octanol–water partition coefficient (Wildman–Crippen LogP) is 3.76. The standard InChI is InChI=1S/C14H18ClNO2/c1-9(8-17-2)6-12(16)13-7-10-4-3-5-11(15)14(10)18-13/h3-5,7,9,12H,6,8,16H2,1-2H3. The highest BCUT2D eigenvalue weighted by Crippen LogP contribution is 2.30. The van der Waals surface area contributed by atoms with E-state index in [1.165, 1.54) is 0 Å². The second-order valence-corrected chi connectivity index (χ2v) is 5.12. The number of rotatable bonds is 5. The van der Waals surface area contributed by atoms with E-state index in [0.717, 1.165) is 17.6 Å². The highest BCUT2D eigenvalue weighted by atomic mass is 35.5. The topological polar surface area (TPSA) is 48.4 Å². The van der Waals surface area contributed by atoms with E-state index in [4.69, 9.17) is 26.5 Å². The molecule has 0 radical (unpaired) electrons. The first kappa shape index (κ1) is 13.4. The molecule has 0 amide bonds. The van der Waals surface area contributed by atoms with Crippen molar-refractivity contribution in [3.63, 3.8) is 0 Å². The Morgan fingerprint density at radius 3 is 2.89 bits per heavy atom. The summed E-state index contributed by atoms with van der Waals surface area (Å²) in [6.07, 6.45) is 0.825. The minimum atomic E-state index is -0.126. The van der Waals surface area contributed by atoms with Crippen LogP contribution in [0.4, 0.5) is 0 Å². The van der Waals surface area contributed by atoms with Crippen LogP contribution in [0.15, 0.2) is 28.7 Å². The fraction of sp³-hybridized carbons (Fsp3) is 0.429. The lowest BCUT2D eigenvalue weighted by molar-refractivity contribution is 0.150. The van der Waals surface area contributed by atoms with Crippen LogP contribution in [0.2, 0.25) is 5.02 Å². The van der Waals surface area contributed by atoms with Crippen molar-refractivity contribution < 1.29 is 9.15 Å². The van der Waals surface area contributed by atoms with Crippen LogP contribution in [0.5, 0.6) is 0 Å². The largest absolute Gasteiger partial charge is 0.458 e. The number of methoxy groups -OCH3 is 1. The monoisotopic (exact) mass is 267 g/mol. The van der Waals surface area contributed by atoms with Crippen molar-refractivity contribution >= 4 is 22.6 Å². The van der Waals surface area contributed by atoms with Crippen molar-refractivity contribution in [1.29, 1.82) is 0 Å². The van der Waals surface area contributed by atoms with Crippen LogP contribution in [0, 0.1) is 5.92 Å². The number of benzene rings is 1. The van der Waals surface area contributed by atoms with Gasteiger partial charge in [0, 0.05) is 19.1 Å². The third-order valence-corrected chi connectivity index (χ3v) is 3.29. The Labute approximate surface area is 112 Å². The zero-order valence-electron chi connectivity index (χ0n) is 10.7. The molecule has 98 valence electrons. The maximum atomic E-state index is 6.15. The Bertz CT molecular complexity index is 523. The lowest BCUT2D eigenvalue weighted by Gasteiger charge is -2.14. The molecule has 3 nitrogen and oxygen atoms in total. The second kappa shape index (κ2) is 5.74. The molecule has 2 unspecified atom stereocenters. The van der Waals surface area contributed by atoms with E-state index in [1.807, 2.05) is 24.3 Å². The number of nitrogens with two attached hydrogens (primary N) is 1. The third kappa shape index (κ3) is 2.86. The zero-order chi connectivity index (χ0) is 13.1. The van der Waals surface area contributed by atoms with Gasteiger partial charge < -0.3 is 14.9 Å². The minimum Gasteiger partial charge on any atom is -0.458 e. The molecule has 0 aliphatic carbocycles. The zero-order valence-corrected chi connectivity index (χ0v) is 11.4. The highest BCUT2D eigenvalue weighted by Gasteiger charge is 2.16. The smallest absolute Gasteiger partial charge is 0.152 e. The van der Waals surface area contributed by atoms with Crippen molar-refractivity contribution in [3.8, 4) is 0 Å². The molecule has 2 aromatic rings. The van der Waals surface area contributed by atoms with E-state index in [2.05, 4.69) is 6.92 Å². The molecule has 0 saturated heterocycles. The molecule has 1 aromatic carbocycles. The summed E-state index contributed by atoms with van der Waals surface area (Å²) in [7, 11) is 1.70. The van der Waals surface area contributed by atoms with Gasteiger partial charge in [-0.25, -0.2) is 0 Å². The molecule has 0 bridgehead atoms. The minimum absolute atomic E-state index is 0.126. The first-order valence-corrected chi connectivity index (χ1v) is 6.42. The summed E-state index contributed by atoms with van der Waals surface area (Å²) < 4.78 is 10.9. The molecule has 0 fully saturated rings. The van der Waals surface area contributed by atoms with Crippen LogP contribution in [0.3, 0.4) is 0 Å². The number of ether oxygens (including phenoxy) is 1.